The molecule has 8 heteroatoms. The zero-order valence-corrected chi connectivity index (χ0v) is 15.2. The van der Waals surface area contributed by atoms with Gasteiger partial charge in [0.2, 0.25) is 11.8 Å². The highest BCUT2D eigenvalue weighted by atomic mass is 19.2. The summed E-state index contributed by atoms with van der Waals surface area (Å²) in [5, 5.41) is 0. The summed E-state index contributed by atoms with van der Waals surface area (Å²) in [5.74, 6) is -0.648. The molecule has 0 aliphatic carbocycles. The molecule has 0 saturated carbocycles. The van der Waals surface area contributed by atoms with E-state index in [0.29, 0.717) is 38.4 Å². The number of nitrogens with zero attached hydrogens (tertiary/aromatic N) is 4. The molecule has 2 aromatic rings. The second-order valence-corrected chi connectivity index (χ2v) is 6.36. The van der Waals surface area contributed by atoms with E-state index in [4.69, 9.17) is 4.74 Å². The highest BCUT2D eigenvalue weighted by Gasteiger charge is 2.22. The minimum Gasteiger partial charge on any atom is -0.439 e. The molecule has 6 nitrogen and oxygen atoms in total. The summed E-state index contributed by atoms with van der Waals surface area (Å²) in [7, 11) is 0. The Labute approximate surface area is 156 Å². The van der Waals surface area contributed by atoms with E-state index >= 15 is 0 Å². The zero-order valence-electron chi connectivity index (χ0n) is 15.2. The molecule has 1 aromatic heterocycles. The van der Waals surface area contributed by atoms with Crippen LogP contribution in [0.15, 0.2) is 30.6 Å². The molecule has 1 aliphatic heterocycles. The van der Waals surface area contributed by atoms with Crippen molar-refractivity contribution in [1.82, 2.24) is 14.9 Å². The van der Waals surface area contributed by atoms with Crippen molar-refractivity contribution >= 4 is 11.7 Å². The highest BCUT2D eigenvalue weighted by Crippen LogP contribution is 2.24. The van der Waals surface area contributed by atoms with Gasteiger partial charge in [-0.3, -0.25) is 4.79 Å². The number of halogens is 2. The lowest BCUT2D eigenvalue weighted by Crippen LogP contribution is -2.49. The number of aromatic nitrogens is 2. The third kappa shape index (κ3) is 4.90. The molecule has 0 bridgehead atoms. The molecule has 1 fully saturated rings. The molecule has 0 spiro atoms. The molecule has 1 aromatic carbocycles. The predicted octanol–water partition coefficient (Wildman–Crippen LogP) is 3.39. The Morgan fingerprint density at radius 2 is 1.89 bits per heavy atom. The number of unbranched alkanes of at least 4 members (excludes halogenated alkanes) is 1. The molecule has 27 heavy (non-hydrogen) atoms. The fraction of sp³-hybridized carbons (Fsp3) is 0.421. The van der Waals surface area contributed by atoms with E-state index in [2.05, 4.69) is 16.9 Å². The Balaban J connectivity index is 1.61. The number of carbonyl (C=O) groups is 1. The number of amides is 1. The van der Waals surface area contributed by atoms with Crippen LogP contribution < -0.4 is 9.64 Å². The minimum absolute atomic E-state index is 0.157. The Hall–Kier alpha value is -2.77. The summed E-state index contributed by atoms with van der Waals surface area (Å²) in [6.45, 7) is 4.69. The van der Waals surface area contributed by atoms with E-state index in [1.165, 1.54) is 12.4 Å². The third-order valence-corrected chi connectivity index (χ3v) is 4.44. The summed E-state index contributed by atoms with van der Waals surface area (Å²) >= 11 is 0. The van der Waals surface area contributed by atoms with Gasteiger partial charge in [0.25, 0.3) is 0 Å². The van der Waals surface area contributed by atoms with Gasteiger partial charge in [-0.1, -0.05) is 13.3 Å². The molecule has 0 atom stereocenters. The Morgan fingerprint density at radius 1 is 1.11 bits per heavy atom. The molecule has 2 heterocycles. The SMILES string of the molecule is CCCCC(=O)N1CCN(c2cc(Oc3ccc(F)c(F)c3)ncn2)CC1. The molecule has 0 radical (unpaired) electrons. The Bertz CT molecular complexity index is 795. The van der Waals surface area contributed by atoms with Gasteiger partial charge in [0.05, 0.1) is 0 Å². The largest absolute Gasteiger partial charge is 0.439 e. The second-order valence-electron chi connectivity index (χ2n) is 6.36. The van der Waals surface area contributed by atoms with E-state index < -0.39 is 11.6 Å². The maximum Gasteiger partial charge on any atom is 0.224 e. The normalized spacial score (nSPS) is 14.3. The third-order valence-electron chi connectivity index (χ3n) is 4.44. The van der Waals surface area contributed by atoms with Gasteiger partial charge in [0.1, 0.15) is 17.9 Å². The number of rotatable bonds is 6. The Kier molecular flexibility index (Phi) is 6.16. The minimum atomic E-state index is -0.981. The first-order valence-corrected chi connectivity index (χ1v) is 9.04. The summed E-state index contributed by atoms with van der Waals surface area (Å²) in [4.78, 5) is 24.3. The van der Waals surface area contributed by atoms with Crippen molar-refractivity contribution in [3.05, 3.63) is 42.2 Å². The van der Waals surface area contributed by atoms with Crippen LogP contribution in [-0.4, -0.2) is 47.0 Å². The van der Waals surface area contributed by atoms with Crippen molar-refractivity contribution < 1.29 is 18.3 Å². The standard InChI is InChI=1S/C19H22F2N4O2/c1-2-3-4-19(26)25-9-7-24(8-10-25)17-12-18(23-13-22-17)27-14-5-6-15(20)16(21)11-14/h5-6,11-13H,2-4,7-10H2,1H3. The molecule has 1 amide bonds. The summed E-state index contributed by atoms with van der Waals surface area (Å²) in [6, 6.07) is 4.95. The van der Waals surface area contributed by atoms with Crippen LogP contribution in [0.4, 0.5) is 14.6 Å². The number of piperazine rings is 1. The van der Waals surface area contributed by atoms with E-state index in [1.807, 2.05) is 9.80 Å². The monoisotopic (exact) mass is 376 g/mol. The topological polar surface area (TPSA) is 58.6 Å². The number of benzene rings is 1. The molecule has 3 rings (SSSR count). The lowest BCUT2D eigenvalue weighted by Gasteiger charge is -2.35. The molecule has 0 unspecified atom stereocenters. The Morgan fingerprint density at radius 3 is 2.59 bits per heavy atom. The molecule has 144 valence electrons. The van der Waals surface area contributed by atoms with Crippen molar-refractivity contribution in [3.63, 3.8) is 0 Å². The quantitative estimate of drug-likeness (QED) is 0.774. The van der Waals surface area contributed by atoms with Crippen LogP contribution in [0.1, 0.15) is 26.2 Å². The van der Waals surface area contributed by atoms with Crippen LogP contribution in [-0.2, 0) is 4.79 Å². The van der Waals surface area contributed by atoms with Crippen molar-refractivity contribution in [2.45, 2.75) is 26.2 Å². The first kappa shape index (κ1) is 19.0. The summed E-state index contributed by atoms with van der Waals surface area (Å²) in [5.41, 5.74) is 0. The molecule has 1 aliphatic rings. The van der Waals surface area contributed by atoms with Crippen LogP contribution in [0.5, 0.6) is 11.6 Å². The maximum atomic E-state index is 13.3. The van der Waals surface area contributed by atoms with E-state index in [0.717, 1.165) is 25.0 Å². The van der Waals surface area contributed by atoms with Gasteiger partial charge in [0, 0.05) is 44.7 Å². The van der Waals surface area contributed by atoms with Crippen molar-refractivity contribution in [2.75, 3.05) is 31.1 Å². The maximum absolute atomic E-state index is 13.3. The van der Waals surface area contributed by atoms with Crippen molar-refractivity contribution in [2.24, 2.45) is 0 Å². The van der Waals surface area contributed by atoms with E-state index in [1.54, 1.807) is 6.07 Å². The highest BCUT2D eigenvalue weighted by molar-refractivity contribution is 5.76. The fourth-order valence-electron chi connectivity index (χ4n) is 2.89. The second kappa shape index (κ2) is 8.75. The average molecular weight is 376 g/mol. The van der Waals surface area contributed by atoms with Gasteiger partial charge in [-0.15, -0.1) is 0 Å². The van der Waals surface area contributed by atoms with E-state index in [-0.39, 0.29) is 17.5 Å². The van der Waals surface area contributed by atoms with Gasteiger partial charge in [-0.05, 0) is 18.6 Å². The number of hydrogen-bond donors (Lipinski definition) is 0. The smallest absolute Gasteiger partial charge is 0.224 e. The summed E-state index contributed by atoms with van der Waals surface area (Å²) < 4.78 is 31.8. The van der Waals surface area contributed by atoms with Gasteiger partial charge in [0.15, 0.2) is 11.6 Å². The zero-order chi connectivity index (χ0) is 19.2. The molecular weight excluding hydrogens is 354 g/mol. The average Bonchev–Trinajstić information content (AvgIpc) is 2.69. The van der Waals surface area contributed by atoms with Gasteiger partial charge >= 0.3 is 0 Å². The predicted molar refractivity (Wildman–Crippen MR) is 96.8 cm³/mol. The van der Waals surface area contributed by atoms with Gasteiger partial charge in [-0.25, -0.2) is 18.7 Å². The van der Waals surface area contributed by atoms with Crippen LogP contribution in [0, 0.1) is 11.6 Å². The van der Waals surface area contributed by atoms with Crippen LogP contribution >= 0.6 is 0 Å². The van der Waals surface area contributed by atoms with Gasteiger partial charge < -0.3 is 14.5 Å². The molecule has 1 saturated heterocycles. The van der Waals surface area contributed by atoms with Crippen molar-refractivity contribution in [3.8, 4) is 11.6 Å². The molecule has 0 N–H and O–H groups in total. The van der Waals surface area contributed by atoms with Crippen LogP contribution in [0.3, 0.4) is 0 Å². The first-order chi connectivity index (χ1) is 13.1. The lowest BCUT2D eigenvalue weighted by atomic mass is 10.2. The van der Waals surface area contributed by atoms with Crippen LogP contribution in [0.2, 0.25) is 0 Å². The number of ether oxygens (including phenoxy) is 1. The van der Waals surface area contributed by atoms with Crippen molar-refractivity contribution in [1.29, 1.82) is 0 Å². The summed E-state index contributed by atoms with van der Waals surface area (Å²) in [6.07, 6.45) is 3.88. The fourth-order valence-corrected chi connectivity index (χ4v) is 2.89. The van der Waals surface area contributed by atoms with E-state index in [9.17, 15) is 13.6 Å². The first-order valence-electron chi connectivity index (χ1n) is 9.04. The van der Waals surface area contributed by atoms with Gasteiger partial charge in [-0.2, -0.15) is 0 Å². The molecular formula is C19H22F2N4O2. The number of anilines is 1. The number of hydrogen-bond acceptors (Lipinski definition) is 5. The van der Waals surface area contributed by atoms with Crippen LogP contribution in [0.25, 0.3) is 0 Å². The number of carbonyl (C=O) groups excluding carboxylic acids is 1. The lowest BCUT2D eigenvalue weighted by molar-refractivity contribution is -0.131.